The summed E-state index contributed by atoms with van der Waals surface area (Å²) in [7, 11) is 0. The molecule has 0 amide bonds. The van der Waals surface area contributed by atoms with E-state index < -0.39 is 0 Å². The van der Waals surface area contributed by atoms with Crippen LogP contribution in [0.15, 0.2) is 35.2 Å². The van der Waals surface area contributed by atoms with Crippen molar-refractivity contribution in [2.24, 2.45) is 0 Å². The summed E-state index contributed by atoms with van der Waals surface area (Å²) in [6.07, 6.45) is 3.34. The first-order valence-corrected chi connectivity index (χ1v) is 8.23. The molecule has 3 rings (SSSR count). The fourth-order valence-electron chi connectivity index (χ4n) is 2.92. The van der Waals surface area contributed by atoms with Crippen molar-refractivity contribution in [1.82, 2.24) is 9.55 Å². The average Bonchev–Trinajstić information content (AvgIpc) is 2.59. The van der Waals surface area contributed by atoms with Gasteiger partial charge in [0.05, 0.1) is 11.1 Å². The van der Waals surface area contributed by atoms with E-state index in [1.54, 1.807) is 22.8 Å². The number of aromatic hydroxyl groups is 1. The molecule has 2 aromatic heterocycles. The number of rotatable bonds is 2. The third-order valence-electron chi connectivity index (χ3n) is 3.96. The fraction of sp³-hybridized carbons (Fsp3) is 0.333. The molecule has 0 fully saturated rings. The van der Waals surface area contributed by atoms with Gasteiger partial charge >= 0.3 is 0 Å². The van der Waals surface area contributed by atoms with Crippen LogP contribution in [0.5, 0.6) is 5.75 Å². The van der Waals surface area contributed by atoms with Gasteiger partial charge in [-0.3, -0.25) is 4.79 Å². The van der Waals surface area contributed by atoms with Gasteiger partial charge in [-0.05, 0) is 25.0 Å². The van der Waals surface area contributed by atoms with E-state index >= 15 is 0 Å². The highest BCUT2D eigenvalue weighted by Gasteiger charge is 2.24. The lowest BCUT2D eigenvalue weighted by Crippen LogP contribution is -2.27. The van der Waals surface area contributed by atoms with Gasteiger partial charge in [-0.2, -0.15) is 0 Å². The second kappa shape index (κ2) is 7.01. The molecule has 0 aliphatic carbocycles. The van der Waals surface area contributed by atoms with Crippen molar-refractivity contribution in [1.29, 1.82) is 0 Å². The molecule has 0 unspecified atom stereocenters. The van der Waals surface area contributed by atoms with E-state index in [1.807, 2.05) is 13.8 Å². The first-order chi connectivity index (χ1) is 11.1. The molecule has 0 spiro atoms. The molecular formula is C18H21ClN2O2. The average molecular weight is 333 g/mol. The number of fused-ring (bicyclic) bond motifs is 2. The highest BCUT2D eigenvalue weighted by molar-refractivity contribution is 6.29. The molecule has 23 heavy (non-hydrogen) atoms. The van der Waals surface area contributed by atoms with Crippen LogP contribution in [-0.2, 0) is 6.54 Å². The standard InChI is InChI=1S/C16H15ClN2O2.C2H6/c1-3-9-7-8-19-14(10(9)4-2)15(20)13-11(16(19)21)5-6-12(17)18-13;1-2/h4-6,20H,2-3,7-8H2,1H3;1-2H3. The summed E-state index contributed by atoms with van der Waals surface area (Å²) in [6, 6.07) is 3.16. The second-order valence-corrected chi connectivity index (χ2v) is 5.40. The molecule has 1 N–H and O–H groups in total. The Kier molecular flexibility index (Phi) is 5.26. The second-order valence-electron chi connectivity index (χ2n) is 5.01. The first kappa shape index (κ1) is 17.3. The van der Waals surface area contributed by atoms with Gasteiger partial charge in [0.15, 0.2) is 5.75 Å². The number of nitrogens with zero attached hydrogens (tertiary/aromatic N) is 2. The Balaban J connectivity index is 0.000000924. The summed E-state index contributed by atoms with van der Waals surface area (Å²) < 4.78 is 1.60. The molecule has 3 heterocycles. The van der Waals surface area contributed by atoms with Crippen molar-refractivity contribution in [3.8, 4) is 5.75 Å². The zero-order chi connectivity index (χ0) is 17.1. The monoisotopic (exact) mass is 332 g/mol. The first-order valence-electron chi connectivity index (χ1n) is 7.85. The van der Waals surface area contributed by atoms with Crippen LogP contribution >= 0.6 is 11.6 Å². The van der Waals surface area contributed by atoms with Crippen molar-refractivity contribution < 1.29 is 5.11 Å². The van der Waals surface area contributed by atoms with Gasteiger partial charge in [0.2, 0.25) is 0 Å². The summed E-state index contributed by atoms with van der Waals surface area (Å²) in [5, 5.41) is 11.2. The SMILES string of the molecule is C=CC1=C(CC)CCn2c1c(O)c1nc(Cl)ccc1c2=O.CC. The van der Waals surface area contributed by atoms with E-state index in [1.165, 1.54) is 5.57 Å². The Morgan fingerprint density at radius 3 is 2.74 bits per heavy atom. The van der Waals surface area contributed by atoms with Gasteiger partial charge in [-0.15, -0.1) is 0 Å². The molecular weight excluding hydrogens is 312 g/mol. The minimum Gasteiger partial charge on any atom is -0.504 e. The number of hydrogen-bond donors (Lipinski definition) is 1. The van der Waals surface area contributed by atoms with Crippen molar-refractivity contribution in [3.63, 3.8) is 0 Å². The van der Waals surface area contributed by atoms with Gasteiger partial charge in [-0.1, -0.05) is 50.6 Å². The van der Waals surface area contributed by atoms with Crippen LogP contribution in [0.4, 0.5) is 0 Å². The van der Waals surface area contributed by atoms with E-state index in [-0.39, 0.29) is 22.0 Å². The molecule has 1 aliphatic heterocycles. The maximum Gasteiger partial charge on any atom is 0.260 e. The highest BCUT2D eigenvalue weighted by atomic mass is 35.5. The van der Waals surface area contributed by atoms with Crippen LogP contribution < -0.4 is 5.56 Å². The lowest BCUT2D eigenvalue weighted by Gasteiger charge is -2.24. The number of halogens is 1. The summed E-state index contributed by atoms with van der Waals surface area (Å²) in [6.45, 7) is 10.4. The van der Waals surface area contributed by atoms with Crippen LogP contribution in [0.3, 0.4) is 0 Å². The van der Waals surface area contributed by atoms with Gasteiger partial charge < -0.3 is 9.67 Å². The Bertz CT molecular complexity index is 850. The van der Waals surface area contributed by atoms with Gasteiger partial charge in [0.25, 0.3) is 5.56 Å². The summed E-state index contributed by atoms with van der Waals surface area (Å²) >= 11 is 5.89. The Morgan fingerprint density at radius 2 is 2.13 bits per heavy atom. The Labute approximate surface area is 140 Å². The van der Waals surface area contributed by atoms with E-state index in [9.17, 15) is 9.90 Å². The number of allylic oxidation sites excluding steroid dienone is 3. The van der Waals surface area contributed by atoms with E-state index in [2.05, 4.69) is 18.5 Å². The molecule has 4 nitrogen and oxygen atoms in total. The van der Waals surface area contributed by atoms with Crippen molar-refractivity contribution >= 4 is 28.1 Å². The number of pyridine rings is 2. The van der Waals surface area contributed by atoms with Crippen LogP contribution in [0, 0.1) is 0 Å². The summed E-state index contributed by atoms with van der Waals surface area (Å²) in [5.74, 6) is -0.00681. The third kappa shape index (κ3) is 2.79. The largest absolute Gasteiger partial charge is 0.504 e. The molecule has 1 aliphatic rings. The van der Waals surface area contributed by atoms with E-state index in [0.717, 1.165) is 18.4 Å². The molecule has 0 bridgehead atoms. The van der Waals surface area contributed by atoms with Crippen molar-refractivity contribution in [2.45, 2.75) is 40.2 Å². The number of hydrogen-bond acceptors (Lipinski definition) is 3. The molecule has 0 aromatic carbocycles. The predicted octanol–water partition coefficient (Wildman–Crippen LogP) is 4.54. The maximum absolute atomic E-state index is 12.6. The zero-order valence-electron chi connectivity index (χ0n) is 13.7. The minimum atomic E-state index is -0.156. The molecule has 5 heteroatoms. The van der Waals surface area contributed by atoms with E-state index in [4.69, 9.17) is 11.6 Å². The van der Waals surface area contributed by atoms with Crippen LogP contribution in [0.1, 0.15) is 39.3 Å². The van der Waals surface area contributed by atoms with Gasteiger partial charge in [0.1, 0.15) is 10.7 Å². The van der Waals surface area contributed by atoms with Crippen LogP contribution in [-0.4, -0.2) is 14.7 Å². The van der Waals surface area contributed by atoms with E-state index in [0.29, 0.717) is 17.6 Å². The van der Waals surface area contributed by atoms with Crippen LogP contribution in [0.25, 0.3) is 16.5 Å². The Hall–Kier alpha value is -2.07. The van der Waals surface area contributed by atoms with Gasteiger partial charge in [0, 0.05) is 12.1 Å². The lowest BCUT2D eigenvalue weighted by molar-refractivity contribution is 0.464. The molecule has 2 aromatic rings. The minimum absolute atomic E-state index is 0.00681. The fourth-order valence-corrected chi connectivity index (χ4v) is 3.07. The van der Waals surface area contributed by atoms with Crippen molar-refractivity contribution in [2.75, 3.05) is 0 Å². The number of aromatic nitrogens is 2. The summed E-state index contributed by atoms with van der Waals surface area (Å²) in [5.41, 5.74) is 2.59. The quantitative estimate of drug-likeness (QED) is 0.822. The van der Waals surface area contributed by atoms with Gasteiger partial charge in [-0.25, -0.2) is 4.98 Å². The normalized spacial score (nSPS) is 13.4. The summed E-state index contributed by atoms with van der Waals surface area (Å²) in [4.78, 5) is 16.7. The van der Waals surface area contributed by atoms with Crippen molar-refractivity contribution in [3.05, 3.63) is 51.6 Å². The highest BCUT2D eigenvalue weighted by Crippen LogP contribution is 2.37. The smallest absolute Gasteiger partial charge is 0.260 e. The maximum atomic E-state index is 12.6. The third-order valence-corrected chi connectivity index (χ3v) is 4.17. The predicted molar refractivity (Wildman–Crippen MR) is 96.1 cm³/mol. The Morgan fingerprint density at radius 1 is 1.43 bits per heavy atom. The molecule has 0 radical (unpaired) electrons. The topological polar surface area (TPSA) is 55.1 Å². The molecule has 0 saturated heterocycles. The molecule has 0 atom stereocenters. The molecule has 122 valence electrons. The van der Waals surface area contributed by atoms with Crippen LogP contribution in [0.2, 0.25) is 5.15 Å². The molecule has 0 saturated carbocycles. The zero-order valence-corrected chi connectivity index (χ0v) is 14.4. The lowest BCUT2D eigenvalue weighted by atomic mass is 9.94.